The van der Waals surface area contributed by atoms with Crippen molar-refractivity contribution in [1.29, 1.82) is 0 Å². The van der Waals surface area contributed by atoms with E-state index in [2.05, 4.69) is 10.1 Å². The molecule has 3 heterocycles. The summed E-state index contributed by atoms with van der Waals surface area (Å²) in [4.78, 5) is 31.6. The number of fused-ring (bicyclic) bond motifs is 5. The highest BCUT2D eigenvalue weighted by atomic mass is 35.5. The van der Waals surface area contributed by atoms with Gasteiger partial charge in [0.15, 0.2) is 5.54 Å². The summed E-state index contributed by atoms with van der Waals surface area (Å²) in [6.45, 7) is 2.15. The fourth-order valence-electron chi connectivity index (χ4n) is 4.45. The summed E-state index contributed by atoms with van der Waals surface area (Å²) in [5, 5.41) is 7.43. The number of aromatic nitrogens is 1. The second-order valence-electron chi connectivity index (χ2n) is 7.63. The van der Waals surface area contributed by atoms with Gasteiger partial charge in [-0.15, -0.1) is 0 Å². The Morgan fingerprint density at radius 1 is 1.10 bits per heavy atom. The molecule has 0 aliphatic carbocycles. The van der Waals surface area contributed by atoms with Crippen molar-refractivity contribution in [3.8, 4) is 0 Å². The number of piperazine rings is 1. The van der Waals surface area contributed by atoms with Crippen molar-refractivity contribution in [2.24, 2.45) is 5.10 Å². The van der Waals surface area contributed by atoms with Crippen LogP contribution in [0.3, 0.4) is 0 Å². The van der Waals surface area contributed by atoms with Gasteiger partial charge >= 0.3 is 0 Å². The normalized spacial score (nSPS) is 21.4. The molecule has 8 heteroatoms. The quantitative estimate of drug-likeness (QED) is 0.612. The van der Waals surface area contributed by atoms with Crippen molar-refractivity contribution >= 4 is 52.1 Å². The van der Waals surface area contributed by atoms with Crippen LogP contribution in [0.25, 0.3) is 10.9 Å². The van der Waals surface area contributed by atoms with Crippen molar-refractivity contribution in [3.05, 3.63) is 69.3 Å². The van der Waals surface area contributed by atoms with Crippen molar-refractivity contribution in [1.82, 2.24) is 14.9 Å². The van der Waals surface area contributed by atoms with Crippen molar-refractivity contribution < 1.29 is 9.59 Å². The molecule has 1 aromatic heterocycles. The molecule has 3 aromatic rings. The number of amides is 2. The van der Waals surface area contributed by atoms with Crippen LogP contribution in [0.1, 0.15) is 23.7 Å². The lowest BCUT2D eigenvalue weighted by atomic mass is 9.83. The van der Waals surface area contributed by atoms with Gasteiger partial charge in [0.1, 0.15) is 6.54 Å². The number of hydrogen-bond acceptors (Lipinski definition) is 3. The lowest BCUT2D eigenvalue weighted by Crippen LogP contribution is -2.65. The minimum atomic E-state index is -1.15. The Morgan fingerprint density at radius 3 is 2.60 bits per heavy atom. The maximum atomic E-state index is 13.6. The van der Waals surface area contributed by atoms with Crippen LogP contribution < -0.4 is 0 Å². The van der Waals surface area contributed by atoms with E-state index in [1.54, 1.807) is 30.0 Å². The van der Waals surface area contributed by atoms with E-state index >= 15 is 0 Å². The van der Waals surface area contributed by atoms with E-state index in [0.29, 0.717) is 28.6 Å². The molecule has 6 nitrogen and oxygen atoms in total. The molecule has 0 unspecified atom stereocenters. The van der Waals surface area contributed by atoms with E-state index in [-0.39, 0.29) is 18.4 Å². The number of carbonyl (C=O) groups excluding carboxylic acids is 2. The first kappa shape index (κ1) is 19.2. The van der Waals surface area contributed by atoms with Gasteiger partial charge in [-0.05, 0) is 37.1 Å². The third-order valence-corrected chi connectivity index (χ3v) is 6.65. The Balaban J connectivity index is 1.58. The van der Waals surface area contributed by atoms with E-state index in [9.17, 15) is 9.59 Å². The number of para-hydroxylation sites is 1. The molecule has 1 atom stereocenters. The van der Waals surface area contributed by atoms with Crippen molar-refractivity contribution in [3.63, 3.8) is 0 Å². The summed E-state index contributed by atoms with van der Waals surface area (Å²) in [5.41, 5.74) is 2.14. The highest BCUT2D eigenvalue weighted by Gasteiger charge is 2.54. The zero-order valence-corrected chi connectivity index (χ0v) is 17.7. The van der Waals surface area contributed by atoms with Crippen LogP contribution in [0, 0.1) is 0 Å². The predicted octanol–water partition coefficient (Wildman–Crippen LogP) is 3.95. The molecule has 0 bridgehead atoms. The van der Waals surface area contributed by atoms with E-state index in [0.717, 1.165) is 22.2 Å². The van der Waals surface area contributed by atoms with Gasteiger partial charge in [0.2, 0.25) is 5.91 Å². The van der Waals surface area contributed by atoms with Crippen LogP contribution in [0.5, 0.6) is 0 Å². The minimum absolute atomic E-state index is 0.122. The first-order valence-electron chi connectivity index (χ1n) is 9.61. The molecule has 2 aliphatic rings. The van der Waals surface area contributed by atoms with Gasteiger partial charge in [-0.2, -0.15) is 5.10 Å². The van der Waals surface area contributed by atoms with Gasteiger partial charge in [0.25, 0.3) is 5.91 Å². The molecule has 30 heavy (non-hydrogen) atoms. The number of H-pyrrole nitrogens is 1. The fraction of sp³-hybridized carbons (Fsp3) is 0.227. The van der Waals surface area contributed by atoms with Gasteiger partial charge in [-0.3, -0.25) is 9.59 Å². The van der Waals surface area contributed by atoms with Crippen LogP contribution in [0.15, 0.2) is 47.6 Å². The smallest absolute Gasteiger partial charge is 0.275 e. The number of rotatable bonds is 2. The fourth-order valence-corrected chi connectivity index (χ4v) is 4.94. The first-order valence-corrected chi connectivity index (χ1v) is 10.4. The maximum absolute atomic E-state index is 13.6. The third-order valence-electron chi connectivity index (χ3n) is 5.99. The zero-order chi connectivity index (χ0) is 21.0. The highest BCUT2D eigenvalue weighted by molar-refractivity contribution is 6.38. The van der Waals surface area contributed by atoms with Crippen LogP contribution >= 0.6 is 23.2 Å². The summed E-state index contributed by atoms with van der Waals surface area (Å²) in [6, 6.07) is 13.1. The summed E-state index contributed by atoms with van der Waals surface area (Å²) >= 11 is 12.4. The highest BCUT2D eigenvalue weighted by Crippen LogP contribution is 2.42. The van der Waals surface area contributed by atoms with E-state index in [1.165, 1.54) is 11.2 Å². The molecule has 0 saturated carbocycles. The topological polar surface area (TPSA) is 68.8 Å². The van der Waals surface area contributed by atoms with Crippen molar-refractivity contribution in [2.45, 2.75) is 18.9 Å². The molecular formula is C22H18Cl2N4O2. The van der Waals surface area contributed by atoms with E-state index in [4.69, 9.17) is 23.2 Å². The molecular weight excluding hydrogens is 423 g/mol. The monoisotopic (exact) mass is 440 g/mol. The summed E-state index contributed by atoms with van der Waals surface area (Å²) in [6.07, 6.45) is 2.14. The first-order chi connectivity index (χ1) is 14.4. The molecule has 2 aliphatic heterocycles. The summed E-state index contributed by atoms with van der Waals surface area (Å²) in [7, 11) is 0. The average Bonchev–Trinajstić information content (AvgIpc) is 3.11. The number of halogens is 2. The molecule has 0 spiro atoms. The Morgan fingerprint density at radius 2 is 1.83 bits per heavy atom. The van der Waals surface area contributed by atoms with Gasteiger partial charge in [0.05, 0.1) is 22.0 Å². The number of aromatic amines is 1. The second-order valence-corrected chi connectivity index (χ2v) is 8.45. The van der Waals surface area contributed by atoms with E-state index in [1.807, 2.05) is 24.3 Å². The number of hydrazone groups is 1. The van der Waals surface area contributed by atoms with Crippen LogP contribution in [0.4, 0.5) is 0 Å². The number of nitrogens with one attached hydrogen (secondary N) is 1. The molecule has 2 amide bonds. The molecule has 5 rings (SSSR count). The zero-order valence-electron chi connectivity index (χ0n) is 16.2. The largest absolute Gasteiger partial charge is 0.356 e. The minimum Gasteiger partial charge on any atom is -0.356 e. The number of hydrogen-bond donors (Lipinski definition) is 1. The average molecular weight is 441 g/mol. The molecule has 152 valence electrons. The molecule has 0 radical (unpaired) electrons. The van der Waals surface area contributed by atoms with Gasteiger partial charge < -0.3 is 9.88 Å². The van der Waals surface area contributed by atoms with Crippen molar-refractivity contribution in [2.75, 3.05) is 13.1 Å². The summed E-state index contributed by atoms with van der Waals surface area (Å²) < 4.78 is 0. The second kappa shape index (κ2) is 6.86. The Bertz CT molecular complexity index is 1210. The third kappa shape index (κ3) is 2.67. The number of nitrogens with zero attached hydrogens (tertiary/aromatic N) is 3. The van der Waals surface area contributed by atoms with Gasteiger partial charge in [0, 0.05) is 23.0 Å². The Hall–Kier alpha value is -2.83. The Kier molecular flexibility index (Phi) is 4.38. The van der Waals surface area contributed by atoms with Gasteiger partial charge in [-0.1, -0.05) is 47.5 Å². The summed E-state index contributed by atoms with van der Waals surface area (Å²) in [5.74, 6) is -0.419. The number of carbonyl (C=O) groups is 2. The molecule has 1 N–H and O–H groups in total. The lowest BCUT2D eigenvalue weighted by molar-refractivity contribution is -0.165. The van der Waals surface area contributed by atoms with E-state index < -0.39 is 5.54 Å². The lowest BCUT2D eigenvalue weighted by Gasteiger charge is -2.48. The van der Waals surface area contributed by atoms with Crippen LogP contribution in [0.2, 0.25) is 10.0 Å². The van der Waals surface area contributed by atoms with Crippen LogP contribution in [-0.2, 0) is 21.5 Å². The maximum Gasteiger partial charge on any atom is 0.275 e. The number of benzene rings is 2. The predicted molar refractivity (Wildman–Crippen MR) is 117 cm³/mol. The molecule has 1 saturated heterocycles. The van der Waals surface area contributed by atoms with Crippen LogP contribution in [-0.4, -0.2) is 46.0 Å². The SMILES string of the molecule is C[C@@]12C(=O)N(/N=C\c3c(Cl)cccc3Cl)CC(=O)N1CCc1c2[nH]c2ccccc12. The molecule has 2 aromatic carbocycles. The van der Waals surface area contributed by atoms with Gasteiger partial charge in [-0.25, -0.2) is 5.01 Å². The standard InChI is InChI=1S/C22H18Cl2N4O2/c1-22-20-14(13-5-2-3-8-18(13)26-20)9-10-27(22)19(29)12-28(21(22)30)25-11-15-16(23)6-4-7-17(15)24/h2-8,11,26H,9-10,12H2,1H3/b25-11-/t22-/m1/s1. The molecule has 1 fully saturated rings. The Labute approximate surface area is 183 Å².